The molecule has 1 saturated heterocycles. The Bertz CT molecular complexity index is 562. The number of hydrogen-bond acceptors (Lipinski definition) is 3. The fraction of sp³-hybridized carbons (Fsp3) is 0.412. The van der Waals surface area contributed by atoms with Crippen LogP contribution in [0, 0.1) is 5.41 Å². The van der Waals surface area contributed by atoms with Crippen molar-refractivity contribution < 1.29 is 4.74 Å². The van der Waals surface area contributed by atoms with Crippen LogP contribution < -0.4 is 5.32 Å². The first-order valence-corrected chi connectivity index (χ1v) is 8.25. The Labute approximate surface area is 124 Å². The van der Waals surface area contributed by atoms with E-state index >= 15 is 0 Å². The lowest BCUT2D eigenvalue weighted by atomic mass is 9.73. The maximum Gasteiger partial charge on any atom is 0.117 e. The van der Waals surface area contributed by atoms with Gasteiger partial charge in [-0.2, -0.15) is 0 Å². The topological polar surface area (TPSA) is 21.3 Å². The molecular weight excluding hydrogens is 266 g/mol. The third kappa shape index (κ3) is 2.00. The zero-order valence-electron chi connectivity index (χ0n) is 11.5. The minimum Gasteiger partial charge on any atom is -0.468 e. The average molecular weight is 285 g/mol. The molecule has 0 aromatic carbocycles. The van der Waals surface area contributed by atoms with Crippen molar-refractivity contribution >= 4 is 11.8 Å². The molecular formula is C17H19NOS. The smallest absolute Gasteiger partial charge is 0.117 e. The van der Waals surface area contributed by atoms with Gasteiger partial charge in [-0.05, 0) is 44.5 Å². The molecule has 1 spiro atoms. The van der Waals surface area contributed by atoms with Gasteiger partial charge in [0.15, 0.2) is 0 Å². The van der Waals surface area contributed by atoms with E-state index in [0.717, 1.165) is 25.3 Å². The van der Waals surface area contributed by atoms with Crippen molar-refractivity contribution in [2.75, 3.05) is 13.1 Å². The minimum atomic E-state index is 0.255. The van der Waals surface area contributed by atoms with E-state index in [2.05, 4.69) is 41.8 Å². The van der Waals surface area contributed by atoms with Gasteiger partial charge in [0.1, 0.15) is 5.76 Å². The standard InChI is InChI=1S/C17H19NOS/c1-2-6-15-13(4-1)12-19-14-5-3-7-17(16(14)20-15)8-10-18-11-9-17/h1-3,5-7,12,16,18H,4,8-11H2. The van der Waals surface area contributed by atoms with Gasteiger partial charge in [0.2, 0.25) is 0 Å². The second kappa shape index (κ2) is 4.97. The van der Waals surface area contributed by atoms with Gasteiger partial charge in [-0.3, -0.25) is 0 Å². The van der Waals surface area contributed by atoms with Gasteiger partial charge >= 0.3 is 0 Å². The summed E-state index contributed by atoms with van der Waals surface area (Å²) in [6.45, 7) is 2.21. The summed E-state index contributed by atoms with van der Waals surface area (Å²) in [6, 6.07) is 0. The molecule has 1 unspecified atom stereocenters. The van der Waals surface area contributed by atoms with Crippen molar-refractivity contribution in [3.63, 3.8) is 0 Å². The first-order valence-electron chi connectivity index (χ1n) is 7.37. The normalized spacial score (nSPS) is 30.4. The lowest BCUT2D eigenvalue weighted by Crippen LogP contribution is -2.43. The summed E-state index contributed by atoms with van der Waals surface area (Å²) in [5.41, 5.74) is 1.57. The first kappa shape index (κ1) is 12.5. The molecule has 0 saturated carbocycles. The number of fused-ring (bicyclic) bond motifs is 3. The zero-order valence-corrected chi connectivity index (χ0v) is 12.3. The molecule has 0 aromatic heterocycles. The first-order chi connectivity index (χ1) is 9.87. The molecule has 1 fully saturated rings. The minimum absolute atomic E-state index is 0.255. The van der Waals surface area contributed by atoms with Gasteiger partial charge in [-0.25, -0.2) is 0 Å². The summed E-state index contributed by atoms with van der Waals surface area (Å²) < 4.78 is 6.04. The third-order valence-corrected chi connectivity index (χ3v) is 6.21. The Morgan fingerprint density at radius 3 is 3.00 bits per heavy atom. The highest BCUT2D eigenvalue weighted by molar-refractivity contribution is 8.04. The third-order valence-electron chi connectivity index (χ3n) is 4.62. The average Bonchev–Trinajstić information content (AvgIpc) is 2.69. The molecule has 0 amide bonds. The Hall–Kier alpha value is -1.19. The fourth-order valence-electron chi connectivity index (χ4n) is 3.44. The number of ether oxygens (including phenoxy) is 1. The van der Waals surface area contributed by atoms with Crippen molar-refractivity contribution in [1.29, 1.82) is 0 Å². The van der Waals surface area contributed by atoms with Gasteiger partial charge in [0, 0.05) is 15.9 Å². The van der Waals surface area contributed by atoms with Gasteiger partial charge in [-0.1, -0.05) is 24.3 Å². The van der Waals surface area contributed by atoms with Gasteiger partial charge in [-0.15, -0.1) is 11.8 Å². The number of thioether (sulfide) groups is 1. The van der Waals surface area contributed by atoms with Crippen LogP contribution in [-0.2, 0) is 4.74 Å². The molecule has 0 aromatic rings. The Morgan fingerprint density at radius 2 is 2.10 bits per heavy atom. The fourth-order valence-corrected chi connectivity index (χ4v) is 4.93. The van der Waals surface area contributed by atoms with Crippen LogP contribution in [0.3, 0.4) is 0 Å². The molecule has 2 heterocycles. The van der Waals surface area contributed by atoms with E-state index in [1.807, 2.05) is 18.0 Å². The van der Waals surface area contributed by atoms with E-state index in [1.54, 1.807) is 0 Å². The highest BCUT2D eigenvalue weighted by atomic mass is 32.2. The maximum absolute atomic E-state index is 6.04. The van der Waals surface area contributed by atoms with Crippen molar-refractivity contribution in [2.45, 2.75) is 24.5 Å². The van der Waals surface area contributed by atoms with Gasteiger partial charge in [0.05, 0.1) is 11.5 Å². The summed E-state index contributed by atoms with van der Waals surface area (Å²) in [5.74, 6) is 1.13. The lowest BCUT2D eigenvalue weighted by Gasteiger charge is -2.43. The second-order valence-electron chi connectivity index (χ2n) is 5.83. The number of hydrogen-bond donors (Lipinski definition) is 1. The van der Waals surface area contributed by atoms with Gasteiger partial charge < -0.3 is 10.1 Å². The van der Waals surface area contributed by atoms with Crippen LogP contribution >= 0.6 is 11.8 Å². The van der Waals surface area contributed by atoms with Crippen LogP contribution in [0.15, 0.2) is 59.0 Å². The monoisotopic (exact) mass is 285 g/mol. The molecule has 4 rings (SSSR count). The molecule has 104 valence electrons. The molecule has 2 nitrogen and oxygen atoms in total. The second-order valence-corrected chi connectivity index (χ2v) is 6.98. The predicted octanol–water partition coefficient (Wildman–Crippen LogP) is 3.67. The SMILES string of the molecule is C1=CCC2=COC3=CC=CC4(CCNCC4)C3SC2=C1. The summed E-state index contributed by atoms with van der Waals surface area (Å²) in [4.78, 5) is 1.38. The summed E-state index contributed by atoms with van der Waals surface area (Å²) in [5, 5.41) is 3.90. The van der Waals surface area contributed by atoms with Crippen molar-refractivity contribution in [3.8, 4) is 0 Å². The van der Waals surface area contributed by atoms with E-state index in [0.29, 0.717) is 5.25 Å². The van der Waals surface area contributed by atoms with Crippen LogP contribution in [-0.4, -0.2) is 18.3 Å². The number of allylic oxidation sites excluding steroid dienone is 7. The van der Waals surface area contributed by atoms with E-state index < -0.39 is 0 Å². The molecule has 0 bridgehead atoms. The molecule has 1 atom stereocenters. The van der Waals surface area contributed by atoms with Crippen LogP contribution in [0.25, 0.3) is 0 Å². The molecule has 0 radical (unpaired) electrons. The predicted molar refractivity (Wildman–Crippen MR) is 84.1 cm³/mol. The van der Waals surface area contributed by atoms with Crippen LogP contribution in [0.2, 0.25) is 0 Å². The maximum atomic E-state index is 6.04. The van der Waals surface area contributed by atoms with E-state index in [9.17, 15) is 0 Å². The van der Waals surface area contributed by atoms with Crippen LogP contribution in [0.1, 0.15) is 19.3 Å². The summed E-state index contributed by atoms with van der Waals surface area (Å²) >= 11 is 1.99. The van der Waals surface area contributed by atoms with Crippen molar-refractivity contribution in [2.24, 2.45) is 5.41 Å². The summed E-state index contributed by atoms with van der Waals surface area (Å²) in [6.07, 6.45) is 18.7. The Balaban J connectivity index is 1.71. The molecule has 3 heteroatoms. The zero-order chi connectivity index (χ0) is 13.4. The summed E-state index contributed by atoms with van der Waals surface area (Å²) in [7, 11) is 0. The molecule has 2 aliphatic heterocycles. The van der Waals surface area contributed by atoms with E-state index in [4.69, 9.17) is 4.74 Å². The van der Waals surface area contributed by atoms with Crippen LogP contribution in [0.5, 0.6) is 0 Å². The van der Waals surface area contributed by atoms with Crippen molar-refractivity contribution in [1.82, 2.24) is 5.32 Å². The Kier molecular flexibility index (Phi) is 3.12. The number of rotatable bonds is 0. The van der Waals surface area contributed by atoms with Gasteiger partial charge in [0.25, 0.3) is 0 Å². The molecule has 1 N–H and O–H groups in total. The number of piperidine rings is 1. The lowest BCUT2D eigenvalue weighted by molar-refractivity contribution is 0.225. The van der Waals surface area contributed by atoms with Crippen molar-refractivity contribution in [3.05, 3.63) is 59.0 Å². The molecule has 20 heavy (non-hydrogen) atoms. The highest BCUT2D eigenvalue weighted by Gasteiger charge is 2.43. The number of nitrogens with one attached hydrogen (secondary N) is 1. The molecule has 4 aliphatic rings. The highest BCUT2D eigenvalue weighted by Crippen LogP contribution is 2.51. The van der Waals surface area contributed by atoms with E-state index in [-0.39, 0.29) is 5.41 Å². The van der Waals surface area contributed by atoms with E-state index in [1.165, 1.54) is 23.3 Å². The quantitative estimate of drug-likeness (QED) is 0.734. The largest absolute Gasteiger partial charge is 0.468 e. The van der Waals surface area contributed by atoms with Crippen LogP contribution in [0.4, 0.5) is 0 Å². The Morgan fingerprint density at radius 1 is 1.20 bits per heavy atom. The molecule has 2 aliphatic carbocycles.